The molecule has 2 aromatic rings. The normalized spacial score (nSPS) is 19.7. The number of halogens is 1. The first kappa shape index (κ1) is 21.3. The maximum atomic E-state index is 13.1. The molecule has 0 unspecified atom stereocenters. The Bertz CT molecular complexity index is 1090. The summed E-state index contributed by atoms with van der Waals surface area (Å²) in [6.07, 6.45) is -0.623. The van der Waals surface area contributed by atoms with Crippen LogP contribution in [0.3, 0.4) is 0 Å². The summed E-state index contributed by atoms with van der Waals surface area (Å²) in [4.78, 5) is 26.6. The fourth-order valence-corrected chi connectivity index (χ4v) is 5.12. The fourth-order valence-electron chi connectivity index (χ4n) is 3.65. The molecule has 4 rings (SSSR count). The van der Waals surface area contributed by atoms with Crippen molar-refractivity contribution in [1.82, 2.24) is 9.21 Å². The average molecular weight is 447 g/mol. The molecule has 8 nitrogen and oxygen atoms in total. The van der Waals surface area contributed by atoms with Crippen molar-refractivity contribution >= 4 is 27.5 Å². The number of amides is 2. The fraction of sp³-hybridized carbons (Fsp3) is 0.333. The summed E-state index contributed by atoms with van der Waals surface area (Å²) < 4.78 is 45.8. The summed E-state index contributed by atoms with van der Waals surface area (Å²) in [6.45, 7) is 0.937. The first-order valence-electron chi connectivity index (χ1n) is 9.94. The van der Waals surface area contributed by atoms with Gasteiger partial charge in [-0.05, 0) is 42.8 Å². The maximum Gasteiger partial charge on any atom is 0.266 e. The van der Waals surface area contributed by atoms with Gasteiger partial charge in [-0.25, -0.2) is 12.8 Å². The lowest BCUT2D eigenvalue weighted by Crippen LogP contribution is -2.43. The zero-order chi connectivity index (χ0) is 22.0. The number of rotatable bonds is 4. The zero-order valence-electron chi connectivity index (χ0n) is 16.7. The van der Waals surface area contributed by atoms with Gasteiger partial charge in [-0.1, -0.05) is 12.1 Å². The predicted molar refractivity (Wildman–Crippen MR) is 110 cm³/mol. The first-order valence-corrected chi connectivity index (χ1v) is 11.4. The summed E-state index contributed by atoms with van der Waals surface area (Å²) in [5.74, 6) is -0.668. The zero-order valence-corrected chi connectivity index (χ0v) is 17.5. The van der Waals surface area contributed by atoms with Crippen LogP contribution < -0.4 is 10.1 Å². The lowest BCUT2D eigenvalue weighted by Gasteiger charge is -2.28. The van der Waals surface area contributed by atoms with Gasteiger partial charge in [0.25, 0.3) is 5.91 Å². The van der Waals surface area contributed by atoms with Crippen molar-refractivity contribution in [3.05, 3.63) is 54.3 Å². The third-order valence-electron chi connectivity index (χ3n) is 5.33. The Labute approximate surface area is 179 Å². The van der Waals surface area contributed by atoms with Crippen molar-refractivity contribution in [1.29, 1.82) is 0 Å². The second-order valence-electron chi connectivity index (χ2n) is 7.39. The number of hydrogen-bond donors (Lipinski definition) is 1. The first-order chi connectivity index (χ1) is 14.8. The Morgan fingerprint density at radius 3 is 2.58 bits per heavy atom. The summed E-state index contributed by atoms with van der Waals surface area (Å²) in [7, 11) is -3.78. The van der Waals surface area contributed by atoms with Crippen LogP contribution in [0.15, 0.2) is 53.4 Å². The van der Waals surface area contributed by atoms with Gasteiger partial charge in [0.05, 0.1) is 17.0 Å². The Morgan fingerprint density at radius 2 is 1.81 bits per heavy atom. The molecule has 2 aliphatic rings. The highest BCUT2D eigenvalue weighted by atomic mass is 32.2. The van der Waals surface area contributed by atoms with Crippen LogP contribution in [-0.4, -0.2) is 61.7 Å². The molecular formula is C21H22FN3O5S. The van der Waals surface area contributed by atoms with E-state index in [-0.39, 0.29) is 42.8 Å². The van der Waals surface area contributed by atoms with Crippen LogP contribution in [0.4, 0.5) is 10.1 Å². The van der Waals surface area contributed by atoms with Crippen LogP contribution in [-0.2, 0) is 19.6 Å². The topological polar surface area (TPSA) is 96.0 Å². The third kappa shape index (κ3) is 4.54. The molecule has 1 atom stereocenters. The Kier molecular flexibility index (Phi) is 5.92. The van der Waals surface area contributed by atoms with Gasteiger partial charge >= 0.3 is 0 Å². The molecule has 1 saturated heterocycles. The molecule has 0 saturated carbocycles. The number of carbonyl (C=O) groups excluding carboxylic acids is 2. The van der Waals surface area contributed by atoms with Gasteiger partial charge in [-0.3, -0.25) is 9.59 Å². The monoisotopic (exact) mass is 447 g/mol. The number of nitrogens with one attached hydrogen (secondary N) is 1. The van der Waals surface area contributed by atoms with Crippen molar-refractivity contribution in [2.24, 2.45) is 0 Å². The highest BCUT2D eigenvalue weighted by Gasteiger charge is 2.33. The second kappa shape index (κ2) is 8.64. The number of benzene rings is 2. The highest BCUT2D eigenvalue weighted by molar-refractivity contribution is 7.89. The van der Waals surface area contributed by atoms with Gasteiger partial charge in [0.1, 0.15) is 11.6 Å². The van der Waals surface area contributed by atoms with E-state index in [1.807, 2.05) is 0 Å². The van der Waals surface area contributed by atoms with Gasteiger partial charge in [-0.15, -0.1) is 0 Å². The van der Waals surface area contributed by atoms with Crippen molar-refractivity contribution in [2.45, 2.75) is 23.8 Å². The summed E-state index contributed by atoms with van der Waals surface area (Å²) >= 11 is 0. The Hall–Kier alpha value is -2.98. The average Bonchev–Trinajstić information content (AvgIpc) is 3.01. The van der Waals surface area contributed by atoms with Crippen LogP contribution in [0.2, 0.25) is 0 Å². The van der Waals surface area contributed by atoms with Crippen LogP contribution >= 0.6 is 0 Å². The standard InChI is InChI=1S/C21H22FN3O5S/c22-15-6-8-16(9-7-15)31(28,29)25-11-3-10-24(12-13-25)20(26)14-19-21(27)23-17-4-1-2-5-18(17)30-19/h1-2,4-9,19H,3,10-14H2,(H,23,27)/t19-/m1/s1. The number of para-hydroxylation sites is 2. The predicted octanol–water partition coefficient (Wildman–Crippen LogP) is 1.84. The number of anilines is 1. The molecule has 0 spiro atoms. The Balaban J connectivity index is 1.39. The number of sulfonamides is 1. The summed E-state index contributed by atoms with van der Waals surface area (Å²) in [6, 6.07) is 11.7. The molecule has 31 heavy (non-hydrogen) atoms. The minimum atomic E-state index is -3.78. The number of carbonyl (C=O) groups is 2. The lowest BCUT2D eigenvalue weighted by atomic mass is 10.1. The van der Waals surface area contributed by atoms with E-state index in [1.54, 1.807) is 29.2 Å². The van der Waals surface area contributed by atoms with Crippen LogP contribution in [0.1, 0.15) is 12.8 Å². The van der Waals surface area contributed by atoms with Gasteiger partial charge in [0, 0.05) is 26.2 Å². The molecule has 1 N–H and O–H groups in total. The number of ether oxygens (including phenoxy) is 1. The molecule has 10 heteroatoms. The molecular weight excluding hydrogens is 425 g/mol. The van der Waals surface area contributed by atoms with E-state index < -0.39 is 21.9 Å². The van der Waals surface area contributed by atoms with Gasteiger partial charge < -0.3 is 15.0 Å². The molecule has 1 fully saturated rings. The SMILES string of the molecule is O=C1Nc2ccccc2O[C@@H]1CC(=O)N1CCCN(S(=O)(=O)c2ccc(F)cc2)CC1. The molecule has 0 radical (unpaired) electrons. The molecule has 2 aromatic carbocycles. The second-order valence-corrected chi connectivity index (χ2v) is 9.33. The van der Waals surface area contributed by atoms with Crippen LogP contribution in [0.5, 0.6) is 5.75 Å². The molecule has 164 valence electrons. The van der Waals surface area contributed by atoms with E-state index in [0.29, 0.717) is 24.4 Å². The Morgan fingerprint density at radius 1 is 1.06 bits per heavy atom. The quantitative estimate of drug-likeness (QED) is 0.772. The summed E-state index contributed by atoms with van der Waals surface area (Å²) in [5, 5.41) is 2.73. The van der Waals surface area contributed by atoms with Crippen molar-refractivity contribution in [3.8, 4) is 5.75 Å². The smallest absolute Gasteiger partial charge is 0.266 e. The van der Waals surface area contributed by atoms with E-state index in [4.69, 9.17) is 4.74 Å². The van der Waals surface area contributed by atoms with E-state index in [1.165, 1.54) is 16.4 Å². The molecule has 2 heterocycles. The van der Waals surface area contributed by atoms with E-state index in [2.05, 4.69) is 5.32 Å². The molecule has 0 aliphatic carbocycles. The number of fused-ring (bicyclic) bond motifs is 1. The third-order valence-corrected chi connectivity index (χ3v) is 7.24. The highest BCUT2D eigenvalue weighted by Crippen LogP contribution is 2.30. The van der Waals surface area contributed by atoms with Crippen molar-refractivity contribution in [3.63, 3.8) is 0 Å². The van der Waals surface area contributed by atoms with Gasteiger partial charge in [-0.2, -0.15) is 4.31 Å². The van der Waals surface area contributed by atoms with Gasteiger partial charge in [0.15, 0.2) is 6.10 Å². The summed E-state index contributed by atoms with van der Waals surface area (Å²) in [5.41, 5.74) is 0.563. The van der Waals surface area contributed by atoms with Crippen molar-refractivity contribution < 1.29 is 27.1 Å². The maximum absolute atomic E-state index is 13.1. The number of hydrogen-bond acceptors (Lipinski definition) is 5. The van der Waals surface area contributed by atoms with Crippen LogP contribution in [0.25, 0.3) is 0 Å². The minimum absolute atomic E-state index is 0.0135. The molecule has 0 aromatic heterocycles. The van der Waals surface area contributed by atoms with E-state index in [0.717, 1.165) is 12.1 Å². The van der Waals surface area contributed by atoms with Crippen LogP contribution in [0, 0.1) is 5.82 Å². The number of nitrogens with zero attached hydrogens (tertiary/aromatic N) is 2. The minimum Gasteiger partial charge on any atom is -0.478 e. The molecule has 2 aliphatic heterocycles. The molecule has 0 bridgehead atoms. The van der Waals surface area contributed by atoms with Crippen molar-refractivity contribution in [2.75, 3.05) is 31.5 Å². The van der Waals surface area contributed by atoms with Gasteiger partial charge in [0.2, 0.25) is 15.9 Å². The molecule has 2 amide bonds. The van der Waals surface area contributed by atoms with E-state index >= 15 is 0 Å². The lowest BCUT2D eigenvalue weighted by molar-refractivity contribution is -0.137. The van der Waals surface area contributed by atoms with E-state index in [9.17, 15) is 22.4 Å². The largest absolute Gasteiger partial charge is 0.478 e.